The maximum atomic E-state index is 13.2. The molecular formula is C20H21FN4O. The number of nitriles is 1. The van der Waals surface area contributed by atoms with Crippen LogP contribution in [0.15, 0.2) is 42.6 Å². The minimum absolute atomic E-state index is 0.101. The van der Waals surface area contributed by atoms with Crippen molar-refractivity contribution in [3.8, 4) is 6.07 Å². The third kappa shape index (κ3) is 4.57. The van der Waals surface area contributed by atoms with Crippen LogP contribution in [0.3, 0.4) is 0 Å². The van der Waals surface area contributed by atoms with Gasteiger partial charge in [-0.1, -0.05) is 12.1 Å². The summed E-state index contributed by atoms with van der Waals surface area (Å²) in [6.07, 6.45) is 3.38. The maximum Gasteiger partial charge on any atom is 0.222 e. The van der Waals surface area contributed by atoms with E-state index in [0.717, 1.165) is 30.9 Å². The van der Waals surface area contributed by atoms with Crippen LogP contribution in [0, 0.1) is 17.1 Å². The van der Waals surface area contributed by atoms with Gasteiger partial charge in [0.25, 0.3) is 0 Å². The van der Waals surface area contributed by atoms with E-state index in [2.05, 4.69) is 16.0 Å². The molecule has 0 spiro atoms. The molecule has 0 radical (unpaired) electrons. The highest BCUT2D eigenvalue weighted by Crippen LogP contribution is 2.15. The van der Waals surface area contributed by atoms with Gasteiger partial charge in [0, 0.05) is 38.8 Å². The van der Waals surface area contributed by atoms with Crippen LogP contribution in [0.2, 0.25) is 0 Å². The number of amides is 1. The molecule has 1 amide bonds. The number of aryl methyl sites for hydroxylation is 1. The second-order valence-corrected chi connectivity index (χ2v) is 6.37. The Kier molecular flexibility index (Phi) is 5.80. The molecule has 5 nitrogen and oxygen atoms in total. The lowest BCUT2D eigenvalue weighted by Crippen LogP contribution is -2.35. The van der Waals surface area contributed by atoms with Gasteiger partial charge in [-0.2, -0.15) is 5.26 Å². The fraction of sp³-hybridized carbons (Fsp3) is 0.350. The molecule has 0 atom stereocenters. The van der Waals surface area contributed by atoms with Crippen LogP contribution >= 0.6 is 0 Å². The molecule has 134 valence electrons. The molecule has 2 aromatic rings. The predicted octanol–water partition coefficient (Wildman–Crippen LogP) is 2.76. The van der Waals surface area contributed by atoms with E-state index in [0.29, 0.717) is 31.5 Å². The number of benzene rings is 1. The molecule has 1 fully saturated rings. The zero-order valence-electron chi connectivity index (χ0n) is 14.6. The number of nitrogens with zero attached hydrogens (tertiary/aromatic N) is 4. The second-order valence-electron chi connectivity index (χ2n) is 6.37. The Morgan fingerprint density at radius 2 is 2.08 bits per heavy atom. The SMILES string of the molecule is N#Cc1ccc(N2CCCN(C(=O)CCc3cccc(F)c3)CC2)nc1. The van der Waals surface area contributed by atoms with Crippen molar-refractivity contribution in [1.29, 1.82) is 5.26 Å². The molecule has 0 N–H and O–H groups in total. The summed E-state index contributed by atoms with van der Waals surface area (Å²) in [7, 11) is 0. The Morgan fingerprint density at radius 3 is 2.81 bits per heavy atom. The van der Waals surface area contributed by atoms with Gasteiger partial charge in [-0.15, -0.1) is 0 Å². The van der Waals surface area contributed by atoms with Crippen molar-refractivity contribution in [2.24, 2.45) is 0 Å². The van der Waals surface area contributed by atoms with Crippen molar-refractivity contribution in [3.05, 3.63) is 59.5 Å². The summed E-state index contributed by atoms with van der Waals surface area (Å²) in [5.41, 5.74) is 1.38. The average molecular weight is 352 g/mol. The van der Waals surface area contributed by atoms with Gasteiger partial charge in [0.2, 0.25) is 5.91 Å². The highest BCUT2D eigenvalue weighted by Gasteiger charge is 2.19. The Bertz CT molecular complexity index is 800. The number of rotatable bonds is 4. The summed E-state index contributed by atoms with van der Waals surface area (Å²) in [6, 6.07) is 12.1. The van der Waals surface area contributed by atoms with E-state index >= 15 is 0 Å². The van der Waals surface area contributed by atoms with Gasteiger partial charge in [-0.05, 0) is 42.7 Å². The molecule has 0 unspecified atom stereocenters. The predicted molar refractivity (Wildman–Crippen MR) is 97.1 cm³/mol. The van der Waals surface area contributed by atoms with Crippen LogP contribution in [-0.2, 0) is 11.2 Å². The largest absolute Gasteiger partial charge is 0.355 e. The lowest BCUT2D eigenvalue weighted by molar-refractivity contribution is -0.130. The van der Waals surface area contributed by atoms with Crippen molar-refractivity contribution >= 4 is 11.7 Å². The fourth-order valence-corrected chi connectivity index (χ4v) is 3.14. The van der Waals surface area contributed by atoms with Crippen molar-refractivity contribution in [1.82, 2.24) is 9.88 Å². The Morgan fingerprint density at radius 1 is 1.19 bits per heavy atom. The van der Waals surface area contributed by atoms with E-state index in [4.69, 9.17) is 5.26 Å². The topological polar surface area (TPSA) is 60.2 Å². The Labute approximate surface area is 152 Å². The molecule has 1 aliphatic heterocycles. The molecule has 26 heavy (non-hydrogen) atoms. The minimum atomic E-state index is -0.268. The zero-order valence-corrected chi connectivity index (χ0v) is 14.6. The maximum absolute atomic E-state index is 13.2. The van der Waals surface area contributed by atoms with Crippen molar-refractivity contribution < 1.29 is 9.18 Å². The number of anilines is 1. The normalized spacial score (nSPS) is 14.6. The van der Waals surface area contributed by atoms with Crippen LogP contribution < -0.4 is 4.90 Å². The molecule has 3 rings (SSSR count). The molecule has 1 aromatic carbocycles. The summed E-state index contributed by atoms with van der Waals surface area (Å²) in [6.45, 7) is 2.90. The lowest BCUT2D eigenvalue weighted by atomic mass is 10.1. The number of carbonyl (C=O) groups excluding carboxylic acids is 1. The highest BCUT2D eigenvalue weighted by atomic mass is 19.1. The van der Waals surface area contributed by atoms with Crippen LogP contribution in [0.4, 0.5) is 10.2 Å². The highest BCUT2D eigenvalue weighted by molar-refractivity contribution is 5.76. The Balaban J connectivity index is 1.54. The standard InChI is InChI=1S/C20H21FN4O/c21-18-4-1-3-16(13-18)6-8-20(26)25-10-2-9-24(11-12-25)19-7-5-17(14-22)15-23-19/h1,3-5,7,13,15H,2,6,8-12H2. The quantitative estimate of drug-likeness (QED) is 0.849. The van der Waals surface area contributed by atoms with Crippen LogP contribution in [0.5, 0.6) is 0 Å². The van der Waals surface area contributed by atoms with Gasteiger partial charge in [0.05, 0.1) is 5.56 Å². The van der Waals surface area contributed by atoms with Gasteiger partial charge in [0.15, 0.2) is 0 Å². The number of hydrogen-bond donors (Lipinski definition) is 0. The summed E-state index contributed by atoms with van der Waals surface area (Å²) in [5.74, 6) is 0.664. The molecule has 0 saturated carbocycles. The van der Waals surface area contributed by atoms with Crippen LogP contribution in [0.1, 0.15) is 24.0 Å². The van der Waals surface area contributed by atoms with Crippen molar-refractivity contribution in [2.75, 3.05) is 31.1 Å². The minimum Gasteiger partial charge on any atom is -0.355 e. The van der Waals surface area contributed by atoms with Gasteiger partial charge in [-0.25, -0.2) is 9.37 Å². The number of aromatic nitrogens is 1. The first-order valence-corrected chi connectivity index (χ1v) is 8.79. The van der Waals surface area contributed by atoms with Gasteiger partial charge in [0.1, 0.15) is 17.7 Å². The molecule has 1 aliphatic rings. The molecule has 0 bridgehead atoms. The number of pyridine rings is 1. The van der Waals surface area contributed by atoms with Gasteiger partial charge < -0.3 is 9.80 Å². The summed E-state index contributed by atoms with van der Waals surface area (Å²) < 4.78 is 13.2. The second kappa shape index (κ2) is 8.43. The number of halogens is 1. The van der Waals surface area contributed by atoms with E-state index in [1.54, 1.807) is 18.3 Å². The fourth-order valence-electron chi connectivity index (χ4n) is 3.14. The summed E-state index contributed by atoms with van der Waals surface area (Å²) in [4.78, 5) is 20.8. The average Bonchev–Trinajstić information content (AvgIpc) is 2.92. The van der Waals surface area contributed by atoms with E-state index in [9.17, 15) is 9.18 Å². The third-order valence-corrected chi connectivity index (χ3v) is 4.57. The van der Waals surface area contributed by atoms with Crippen LogP contribution in [0.25, 0.3) is 0 Å². The number of carbonyl (C=O) groups is 1. The number of hydrogen-bond acceptors (Lipinski definition) is 4. The molecule has 6 heteroatoms. The third-order valence-electron chi connectivity index (χ3n) is 4.57. The van der Waals surface area contributed by atoms with Crippen molar-refractivity contribution in [2.45, 2.75) is 19.3 Å². The zero-order chi connectivity index (χ0) is 18.4. The molecule has 1 aromatic heterocycles. The summed E-state index contributed by atoms with van der Waals surface area (Å²) >= 11 is 0. The van der Waals surface area contributed by atoms with E-state index in [1.807, 2.05) is 17.0 Å². The van der Waals surface area contributed by atoms with E-state index < -0.39 is 0 Å². The van der Waals surface area contributed by atoms with E-state index in [1.165, 1.54) is 12.1 Å². The first-order valence-electron chi connectivity index (χ1n) is 8.79. The van der Waals surface area contributed by atoms with Gasteiger partial charge >= 0.3 is 0 Å². The smallest absolute Gasteiger partial charge is 0.222 e. The Hall–Kier alpha value is -2.94. The lowest BCUT2D eigenvalue weighted by Gasteiger charge is -2.23. The molecular weight excluding hydrogens is 331 g/mol. The molecule has 1 saturated heterocycles. The van der Waals surface area contributed by atoms with Crippen molar-refractivity contribution in [3.63, 3.8) is 0 Å². The first kappa shape index (κ1) is 17.9. The van der Waals surface area contributed by atoms with E-state index in [-0.39, 0.29) is 11.7 Å². The van der Waals surface area contributed by atoms with Gasteiger partial charge in [-0.3, -0.25) is 4.79 Å². The molecule has 2 heterocycles. The first-order chi connectivity index (χ1) is 12.7. The van der Waals surface area contributed by atoms with Crippen LogP contribution in [-0.4, -0.2) is 42.0 Å². The molecule has 0 aliphatic carbocycles. The summed E-state index contributed by atoms with van der Waals surface area (Å²) in [5, 5.41) is 8.86. The monoisotopic (exact) mass is 352 g/mol.